The van der Waals surface area contributed by atoms with Gasteiger partial charge in [0.1, 0.15) is 6.10 Å². The van der Waals surface area contributed by atoms with Crippen LogP contribution in [0.1, 0.15) is 79.1 Å². The van der Waals surface area contributed by atoms with Crippen molar-refractivity contribution in [3.8, 4) is 0 Å². The summed E-state index contributed by atoms with van der Waals surface area (Å²) in [6.07, 6.45) is 14.5. The predicted octanol–water partition coefficient (Wildman–Crippen LogP) is 5.84. The van der Waals surface area contributed by atoms with E-state index in [2.05, 4.69) is 39.8 Å². The Morgan fingerprint density at radius 2 is 2.12 bits per heavy atom. The van der Waals surface area contributed by atoms with Gasteiger partial charge in [0.25, 0.3) is 0 Å². The number of carbonyl (C=O) groups is 1. The van der Waals surface area contributed by atoms with Crippen molar-refractivity contribution >= 4 is 5.97 Å². The molecule has 0 bridgehead atoms. The molecule has 3 nitrogen and oxygen atoms in total. The molecule has 0 spiro atoms. The fraction of sp³-hybridized carbons (Fsp3) is 0.783. The smallest absolute Gasteiger partial charge is 0.339 e. The first-order valence-electron chi connectivity index (χ1n) is 10.7. The minimum Gasteiger partial charge on any atom is -0.460 e. The number of hydrogen-bond acceptors (Lipinski definition) is 3. The number of hydrogen-bond donors (Lipinski definition) is 0. The molecular formula is C23H38O3. The lowest BCUT2D eigenvalue weighted by atomic mass is 9.75. The van der Waals surface area contributed by atoms with Crippen LogP contribution in [-0.4, -0.2) is 24.8 Å². The van der Waals surface area contributed by atoms with Crippen molar-refractivity contribution in [2.75, 3.05) is 6.61 Å². The first-order chi connectivity index (χ1) is 12.5. The second-order valence-corrected chi connectivity index (χ2v) is 8.45. The van der Waals surface area contributed by atoms with Gasteiger partial charge in [-0.25, -0.2) is 4.79 Å². The quantitative estimate of drug-likeness (QED) is 0.382. The van der Waals surface area contributed by atoms with Crippen molar-refractivity contribution < 1.29 is 14.3 Å². The molecule has 0 N–H and O–H groups in total. The van der Waals surface area contributed by atoms with Crippen molar-refractivity contribution in [1.82, 2.24) is 0 Å². The van der Waals surface area contributed by atoms with Gasteiger partial charge in [-0.1, -0.05) is 58.8 Å². The van der Waals surface area contributed by atoms with E-state index in [1.165, 1.54) is 6.42 Å². The molecule has 26 heavy (non-hydrogen) atoms. The van der Waals surface area contributed by atoms with Gasteiger partial charge in [-0.3, -0.25) is 0 Å². The lowest BCUT2D eigenvalue weighted by Gasteiger charge is -2.37. The van der Waals surface area contributed by atoms with E-state index in [9.17, 15) is 4.79 Å². The maximum atomic E-state index is 13.0. The van der Waals surface area contributed by atoms with Crippen LogP contribution in [0.4, 0.5) is 0 Å². The Morgan fingerprint density at radius 1 is 1.31 bits per heavy atom. The third-order valence-corrected chi connectivity index (χ3v) is 5.84. The molecule has 0 amide bonds. The summed E-state index contributed by atoms with van der Waals surface area (Å²) in [6.45, 7) is 9.39. The molecule has 1 unspecified atom stereocenters. The summed E-state index contributed by atoms with van der Waals surface area (Å²) >= 11 is 0. The van der Waals surface area contributed by atoms with Crippen molar-refractivity contribution in [3.63, 3.8) is 0 Å². The molecule has 0 saturated heterocycles. The zero-order valence-electron chi connectivity index (χ0n) is 17.2. The van der Waals surface area contributed by atoms with Gasteiger partial charge in [-0.05, 0) is 61.9 Å². The number of ether oxygens (including phenoxy) is 2. The zero-order valence-corrected chi connectivity index (χ0v) is 17.2. The second kappa shape index (κ2) is 10.9. The zero-order chi connectivity index (χ0) is 18.9. The number of allylic oxidation sites excluding steroid dienone is 2. The topological polar surface area (TPSA) is 35.5 Å². The highest BCUT2D eigenvalue weighted by molar-refractivity contribution is 5.78. The summed E-state index contributed by atoms with van der Waals surface area (Å²) in [5.74, 6) is 1.47. The van der Waals surface area contributed by atoms with Gasteiger partial charge in [0.15, 0.2) is 6.10 Å². The standard InChI is InChI=1S/C23H38O3/c1-5-6-7-10-15-25-22(19-11-8-9-12-19)23(24)26-21-16-18(4)13-14-20(21)17(2)3/h7,10-11,17-18,20-22H,5-6,8-9,12-16H2,1-4H3/b10-7-/t18-,20+,21-,22?/m1/s1. The van der Waals surface area contributed by atoms with Crippen LogP contribution in [0.3, 0.4) is 0 Å². The van der Waals surface area contributed by atoms with Gasteiger partial charge in [0.2, 0.25) is 0 Å². The molecule has 0 aromatic heterocycles. The van der Waals surface area contributed by atoms with E-state index in [1.54, 1.807) is 0 Å². The molecule has 2 rings (SSSR count). The number of carbonyl (C=O) groups excluding carboxylic acids is 1. The fourth-order valence-corrected chi connectivity index (χ4v) is 4.23. The van der Waals surface area contributed by atoms with Crippen LogP contribution in [0.5, 0.6) is 0 Å². The molecule has 148 valence electrons. The Labute approximate surface area is 160 Å². The van der Waals surface area contributed by atoms with Gasteiger partial charge in [0.05, 0.1) is 6.61 Å². The SMILES string of the molecule is CCC/C=C\COC(C(=O)O[C@@H]1C[C@H](C)CC[C@H]1C(C)C)C1=CCCC1. The normalized spacial score (nSPS) is 27.7. The van der Waals surface area contributed by atoms with E-state index in [0.29, 0.717) is 24.4 Å². The summed E-state index contributed by atoms with van der Waals surface area (Å²) in [7, 11) is 0. The van der Waals surface area contributed by atoms with Crippen LogP contribution in [0.15, 0.2) is 23.8 Å². The third-order valence-electron chi connectivity index (χ3n) is 5.84. The van der Waals surface area contributed by atoms with E-state index < -0.39 is 6.10 Å². The van der Waals surface area contributed by atoms with Crippen molar-refractivity contribution in [2.24, 2.45) is 17.8 Å². The first kappa shape index (κ1) is 21.2. The average molecular weight is 363 g/mol. The number of rotatable bonds is 9. The largest absolute Gasteiger partial charge is 0.460 e. The summed E-state index contributed by atoms with van der Waals surface area (Å²) in [5, 5.41) is 0. The van der Waals surface area contributed by atoms with Crippen molar-refractivity contribution in [3.05, 3.63) is 23.8 Å². The van der Waals surface area contributed by atoms with Gasteiger partial charge in [-0.15, -0.1) is 0 Å². The van der Waals surface area contributed by atoms with E-state index in [4.69, 9.17) is 9.47 Å². The molecule has 1 fully saturated rings. The van der Waals surface area contributed by atoms with E-state index >= 15 is 0 Å². The van der Waals surface area contributed by atoms with Crippen LogP contribution in [0.25, 0.3) is 0 Å². The van der Waals surface area contributed by atoms with Gasteiger partial charge >= 0.3 is 5.97 Å². The minimum atomic E-state index is -0.520. The van der Waals surface area contributed by atoms with E-state index in [-0.39, 0.29) is 12.1 Å². The van der Waals surface area contributed by atoms with Crippen LogP contribution in [0.2, 0.25) is 0 Å². The second-order valence-electron chi connectivity index (χ2n) is 8.45. The van der Waals surface area contributed by atoms with Crippen molar-refractivity contribution in [1.29, 1.82) is 0 Å². The molecule has 0 radical (unpaired) electrons. The number of esters is 1. The average Bonchev–Trinajstić information content (AvgIpc) is 3.12. The first-order valence-corrected chi connectivity index (χ1v) is 10.7. The lowest BCUT2D eigenvalue weighted by molar-refractivity contribution is -0.166. The molecule has 1 saturated carbocycles. The molecule has 0 heterocycles. The highest BCUT2D eigenvalue weighted by Gasteiger charge is 2.36. The lowest BCUT2D eigenvalue weighted by Crippen LogP contribution is -2.39. The van der Waals surface area contributed by atoms with E-state index in [0.717, 1.165) is 50.5 Å². The maximum absolute atomic E-state index is 13.0. The van der Waals surface area contributed by atoms with Gasteiger partial charge in [0, 0.05) is 0 Å². The summed E-state index contributed by atoms with van der Waals surface area (Å²) < 4.78 is 12.0. The fourth-order valence-electron chi connectivity index (χ4n) is 4.23. The van der Waals surface area contributed by atoms with Crippen LogP contribution in [-0.2, 0) is 14.3 Å². The Bertz CT molecular complexity index is 492. The molecule has 3 heteroatoms. The van der Waals surface area contributed by atoms with Crippen LogP contribution < -0.4 is 0 Å². The summed E-state index contributed by atoms with van der Waals surface area (Å²) in [4.78, 5) is 13.0. The van der Waals surface area contributed by atoms with Crippen molar-refractivity contribution in [2.45, 2.75) is 91.3 Å². The van der Waals surface area contributed by atoms with Gasteiger partial charge < -0.3 is 9.47 Å². The van der Waals surface area contributed by atoms with E-state index in [1.807, 2.05) is 6.08 Å². The molecular weight excluding hydrogens is 324 g/mol. The minimum absolute atomic E-state index is 0.0370. The summed E-state index contributed by atoms with van der Waals surface area (Å²) in [5.41, 5.74) is 1.11. The van der Waals surface area contributed by atoms with Crippen LogP contribution in [0, 0.1) is 17.8 Å². The van der Waals surface area contributed by atoms with Crippen LogP contribution >= 0.6 is 0 Å². The molecule has 0 aromatic rings. The van der Waals surface area contributed by atoms with Gasteiger partial charge in [-0.2, -0.15) is 0 Å². The Hall–Kier alpha value is -1.09. The Kier molecular flexibility index (Phi) is 8.90. The maximum Gasteiger partial charge on any atom is 0.339 e. The Morgan fingerprint density at radius 3 is 2.77 bits per heavy atom. The highest BCUT2D eigenvalue weighted by atomic mass is 16.6. The monoisotopic (exact) mass is 362 g/mol. The molecule has 2 aliphatic carbocycles. The Balaban J connectivity index is 2.00. The molecule has 0 aliphatic heterocycles. The molecule has 4 atom stereocenters. The molecule has 0 aromatic carbocycles. The number of unbranched alkanes of at least 4 members (excludes halogenated alkanes) is 1. The highest BCUT2D eigenvalue weighted by Crippen LogP contribution is 2.36. The molecule has 2 aliphatic rings. The third kappa shape index (κ3) is 6.26. The predicted molar refractivity (Wildman–Crippen MR) is 107 cm³/mol. The summed E-state index contributed by atoms with van der Waals surface area (Å²) in [6, 6.07) is 0.